The molecule has 0 aromatic heterocycles. The van der Waals surface area contributed by atoms with Gasteiger partial charge in [0.2, 0.25) is 11.8 Å². The Labute approximate surface area is 415 Å². The average Bonchev–Trinajstić information content (AvgIpc) is 3.33. The van der Waals surface area contributed by atoms with E-state index in [1.165, 1.54) is 12.1 Å². The lowest BCUT2D eigenvalue weighted by Gasteiger charge is -2.17. The molecule has 70 heavy (non-hydrogen) atoms. The summed E-state index contributed by atoms with van der Waals surface area (Å²) in [6, 6.07) is 4.97. The van der Waals surface area contributed by atoms with E-state index < -0.39 is 35.9 Å². The van der Waals surface area contributed by atoms with Crippen LogP contribution in [0.2, 0.25) is 0 Å². The second-order valence-electron chi connectivity index (χ2n) is 17.9. The highest BCUT2D eigenvalue weighted by Crippen LogP contribution is 2.17. The summed E-state index contributed by atoms with van der Waals surface area (Å²) in [5, 5.41) is 39.2. The smallest absolute Gasteiger partial charge is 0.335 e. The van der Waals surface area contributed by atoms with Gasteiger partial charge in [-0.15, -0.1) is 0 Å². The van der Waals surface area contributed by atoms with Crippen LogP contribution in [0.4, 0.5) is 0 Å². The number of rotatable bonds is 48. The Balaban J connectivity index is 1.97. The number of carbonyl (C=O) groups excluding carboxylic acids is 4. The first-order chi connectivity index (χ1) is 33.6. The summed E-state index contributed by atoms with van der Waals surface area (Å²) in [4.78, 5) is 83.1. The van der Waals surface area contributed by atoms with E-state index in [1.54, 1.807) is 19.2 Å². The van der Waals surface area contributed by atoms with Crippen molar-refractivity contribution in [3.8, 4) is 5.75 Å². The normalized spacial score (nSPS) is 12.8. The third kappa shape index (κ3) is 33.6. The van der Waals surface area contributed by atoms with Gasteiger partial charge in [0.15, 0.2) is 5.78 Å². The van der Waals surface area contributed by atoms with Crippen molar-refractivity contribution in [3.05, 3.63) is 42.1 Å². The maximum atomic E-state index is 12.5. The van der Waals surface area contributed by atoms with Crippen molar-refractivity contribution in [2.24, 2.45) is 17.4 Å². The molecule has 0 radical (unpaired) electrons. The van der Waals surface area contributed by atoms with Crippen molar-refractivity contribution in [2.75, 3.05) is 59.7 Å². The zero-order valence-corrected chi connectivity index (χ0v) is 41.8. The number of Topliss-reactive ketones (excluding diaryl/α,β-unsaturated/α-hetero) is 2. The quantitative estimate of drug-likeness (QED) is 0.0376. The van der Waals surface area contributed by atoms with E-state index in [2.05, 4.69) is 27.8 Å². The van der Waals surface area contributed by atoms with Gasteiger partial charge in [0.05, 0.1) is 44.0 Å². The molecule has 19 heteroatoms. The molecule has 0 saturated carbocycles. The summed E-state index contributed by atoms with van der Waals surface area (Å²) < 4.78 is 16.5. The second kappa shape index (κ2) is 40.7. The molecule has 1 aromatic carbocycles. The summed E-state index contributed by atoms with van der Waals surface area (Å²) in [6.45, 7) is 6.61. The van der Waals surface area contributed by atoms with Crippen LogP contribution in [-0.4, -0.2) is 134 Å². The number of amides is 2. The van der Waals surface area contributed by atoms with Gasteiger partial charge in [-0.2, -0.15) is 0 Å². The van der Waals surface area contributed by atoms with Crippen LogP contribution in [0, 0.1) is 5.92 Å². The van der Waals surface area contributed by atoms with Gasteiger partial charge < -0.3 is 62.3 Å². The molecule has 0 aliphatic rings. The molecule has 11 N–H and O–H groups in total. The van der Waals surface area contributed by atoms with E-state index in [-0.39, 0.29) is 87.2 Å². The molecule has 398 valence electrons. The summed E-state index contributed by atoms with van der Waals surface area (Å²) in [5.41, 5.74) is 13.3. The van der Waals surface area contributed by atoms with Crippen LogP contribution >= 0.6 is 0 Å². The van der Waals surface area contributed by atoms with Crippen molar-refractivity contribution in [1.82, 2.24) is 21.3 Å². The Morgan fingerprint density at radius 2 is 1.14 bits per heavy atom. The predicted octanol–water partition coefficient (Wildman–Crippen LogP) is 5.27. The van der Waals surface area contributed by atoms with Gasteiger partial charge >= 0.3 is 17.9 Å². The van der Waals surface area contributed by atoms with Crippen molar-refractivity contribution >= 4 is 41.3 Å². The molecule has 0 aliphatic heterocycles. The number of likely N-dealkylation sites (N-methyl/N-ethyl adjacent to an activating group) is 1. The summed E-state index contributed by atoms with van der Waals surface area (Å²) >= 11 is 0. The highest BCUT2D eigenvalue weighted by molar-refractivity contribution is 5.87. The number of nitrogens with one attached hydrogen (secondary N) is 4. The molecule has 0 bridgehead atoms. The molecule has 1 aromatic rings. The van der Waals surface area contributed by atoms with E-state index in [0.29, 0.717) is 76.8 Å². The first-order valence-electron chi connectivity index (χ1n) is 25.4. The SMILES string of the molecule is C=C(NCCCC[C@H](NC)C(=O)O)[C@@H](N)CCCCNC(=O)[C@@H](N)CCCCCC(=O)COCCOCCNC(=O)CC[C@H](CC(=O)CCCCCCCCCCOc1ccc(C(=O)O)cc1)C(=O)O. The van der Waals surface area contributed by atoms with Crippen molar-refractivity contribution < 1.29 is 63.1 Å². The van der Waals surface area contributed by atoms with E-state index in [1.807, 2.05) is 0 Å². The molecular formula is C51H86N6O13. The number of carboxylic acid groups (broad SMARTS) is 3. The Kier molecular flexibility index (Phi) is 36.7. The Bertz CT molecular complexity index is 1660. The van der Waals surface area contributed by atoms with E-state index >= 15 is 0 Å². The first-order valence-corrected chi connectivity index (χ1v) is 25.4. The zero-order chi connectivity index (χ0) is 51.8. The molecule has 4 atom stereocenters. The van der Waals surface area contributed by atoms with E-state index in [0.717, 1.165) is 82.7 Å². The van der Waals surface area contributed by atoms with Gasteiger partial charge in [-0.3, -0.25) is 28.8 Å². The van der Waals surface area contributed by atoms with Crippen molar-refractivity contribution in [1.29, 1.82) is 0 Å². The average molecular weight is 991 g/mol. The molecule has 0 heterocycles. The van der Waals surface area contributed by atoms with Gasteiger partial charge in [0.25, 0.3) is 0 Å². The number of hydrogen-bond acceptors (Lipinski definition) is 14. The van der Waals surface area contributed by atoms with Gasteiger partial charge in [0, 0.05) is 57.1 Å². The minimum Gasteiger partial charge on any atom is -0.494 e. The number of nitrogens with two attached hydrogens (primary N) is 2. The predicted molar refractivity (Wildman–Crippen MR) is 267 cm³/mol. The highest BCUT2D eigenvalue weighted by Gasteiger charge is 2.22. The molecule has 1 rings (SSSR count). The third-order valence-electron chi connectivity index (χ3n) is 11.9. The molecule has 19 nitrogen and oxygen atoms in total. The van der Waals surface area contributed by atoms with Gasteiger partial charge in [-0.05, 0) is 102 Å². The van der Waals surface area contributed by atoms with Crippen LogP contribution < -0.4 is 37.5 Å². The zero-order valence-electron chi connectivity index (χ0n) is 41.8. The number of benzene rings is 1. The highest BCUT2D eigenvalue weighted by atomic mass is 16.5. The first kappa shape index (κ1) is 63.1. The fourth-order valence-corrected chi connectivity index (χ4v) is 7.44. The molecule has 0 fully saturated rings. The molecular weight excluding hydrogens is 905 g/mol. The van der Waals surface area contributed by atoms with Gasteiger partial charge in [-0.1, -0.05) is 57.9 Å². The maximum Gasteiger partial charge on any atom is 0.335 e. The molecule has 0 unspecified atom stereocenters. The lowest BCUT2D eigenvalue weighted by Crippen LogP contribution is -2.41. The molecule has 0 saturated heterocycles. The Morgan fingerprint density at radius 1 is 0.571 bits per heavy atom. The molecule has 2 amide bonds. The minimum atomic E-state index is -1.09. The largest absolute Gasteiger partial charge is 0.494 e. The topological polar surface area (TPSA) is 308 Å². The fourth-order valence-electron chi connectivity index (χ4n) is 7.44. The number of hydrogen-bond donors (Lipinski definition) is 9. The molecule has 0 spiro atoms. The van der Waals surface area contributed by atoms with Gasteiger partial charge in [0.1, 0.15) is 24.2 Å². The number of carboxylic acids is 3. The number of aliphatic carboxylic acids is 2. The maximum absolute atomic E-state index is 12.5. The lowest BCUT2D eigenvalue weighted by molar-refractivity contribution is -0.144. The van der Waals surface area contributed by atoms with Crippen LogP contribution in [0.15, 0.2) is 36.5 Å². The van der Waals surface area contributed by atoms with Gasteiger partial charge in [-0.25, -0.2) is 4.79 Å². The molecule has 0 aliphatic carbocycles. The lowest BCUT2D eigenvalue weighted by atomic mass is 9.94. The summed E-state index contributed by atoms with van der Waals surface area (Å²) in [6.07, 6.45) is 15.5. The van der Waals surface area contributed by atoms with Crippen molar-refractivity contribution in [2.45, 2.75) is 166 Å². The number of carbonyl (C=O) groups is 7. The summed E-state index contributed by atoms with van der Waals surface area (Å²) in [7, 11) is 1.64. The van der Waals surface area contributed by atoms with Crippen LogP contribution in [-0.2, 0) is 38.2 Å². The number of unbranched alkanes of at least 4 members (excludes halogenated alkanes) is 11. The summed E-state index contributed by atoms with van der Waals surface area (Å²) in [5.74, 6) is -3.83. The van der Waals surface area contributed by atoms with E-state index in [4.69, 9.17) is 35.9 Å². The minimum absolute atomic E-state index is 0.0147. The van der Waals surface area contributed by atoms with Crippen LogP contribution in [0.1, 0.15) is 158 Å². The van der Waals surface area contributed by atoms with Crippen LogP contribution in [0.5, 0.6) is 5.75 Å². The third-order valence-corrected chi connectivity index (χ3v) is 11.9. The van der Waals surface area contributed by atoms with Crippen LogP contribution in [0.3, 0.4) is 0 Å². The Hall–Kier alpha value is -4.95. The number of aromatic carboxylic acids is 1. The van der Waals surface area contributed by atoms with Crippen molar-refractivity contribution in [3.63, 3.8) is 0 Å². The Morgan fingerprint density at radius 3 is 1.79 bits per heavy atom. The standard InChI is InChI=1S/C51H86N6O13/c1-38(55-29-16-14-22-46(54-2)51(66)67)44(52)20-13-15-30-57-48(61)45(53)21-12-9-11-19-42(59)37-69-35-34-68-33-31-56-47(60)28-25-40(50(64)65)36-41(58)18-10-7-5-3-4-6-8-17-32-70-43-26-23-39(24-27-43)49(62)63/h23-24,26-27,40,44-46,54-55H,1,3-22,25,28-37,52-53H2,2H3,(H,56,60)(H,57,61)(H,62,63)(H,64,65)(H,66,67)/t40-,44+,45+,46+/m1/s1. The second-order valence-corrected chi connectivity index (χ2v) is 17.9. The number of ether oxygens (including phenoxy) is 3. The fraction of sp³-hybridized carbons (Fsp3) is 0.706. The van der Waals surface area contributed by atoms with E-state index in [9.17, 15) is 38.7 Å². The van der Waals surface area contributed by atoms with Crippen LogP contribution in [0.25, 0.3) is 0 Å². The monoisotopic (exact) mass is 991 g/mol. The number of ketones is 2.